The van der Waals surface area contributed by atoms with E-state index < -0.39 is 59.1 Å². The molecule has 4 atom stereocenters. The molecule has 1 saturated heterocycles. The minimum atomic E-state index is -1.56. The number of phenolic OH excluding ortho intramolecular Hbond substituents is 1. The van der Waals surface area contributed by atoms with Crippen molar-refractivity contribution < 1.29 is 48.3 Å². The van der Waals surface area contributed by atoms with Gasteiger partial charge in [0.1, 0.15) is 28.3 Å². The van der Waals surface area contributed by atoms with Crippen LogP contribution in [0.25, 0.3) is 11.0 Å². The number of aliphatic hydroxyl groups excluding tert-OH is 1. The van der Waals surface area contributed by atoms with Crippen molar-refractivity contribution in [1.29, 1.82) is 0 Å². The van der Waals surface area contributed by atoms with Crippen molar-refractivity contribution in [2.45, 2.75) is 64.8 Å². The molecule has 0 saturated carbocycles. The Morgan fingerprint density at radius 2 is 1.72 bits per heavy atom. The number of rotatable bonds is 7. The average molecular weight is 657 g/mol. The van der Waals surface area contributed by atoms with Crippen molar-refractivity contribution in [1.82, 2.24) is 4.98 Å². The summed E-state index contributed by atoms with van der Waals surface area (Å²) in [6, 6.07) is 8.80. The lowest BCUT2D eigenvalue weighted by Crippen LogP contribution is -2.65. The molecule has 2 aromatic carbocycles. The van der Waals surface area contributed by atoms with Crippen LogP contribution in [0.3, 0.4) is 0 Å². The maximum absolute atomic E-state index is 12.9. The third-order valence-corrected chi connectivity index (χ3v) is 8.11. The molecule has 5 N–H and O–H groups in total. The van der Waals surface area contributed by atoms with Gasteiger partial charge >= 0.3 is 11.6 Å². The first-order valence-corrected chi connectivity index (χ1v) is 14.5. The zero-order chi connectivity index (χ0) is 33.7. The molecule has 0 unspecified atom stereocenters. The second-order valence-corrected chi connectivity index (χ2v) is 11.9. The highest BCUT2D eigenvalue weighted by atomic mass is 35.5. The van der Waals surface area contributed by atoms with Crippen LogP contribution in [0.5, 0.6) is 17.2 Å². The van der Waals surface area contributed by atoms with Gasteiger partial charge in [-0.15, -0.1) is 0 Å². The highest BCUT2D eigenvalue weighted by Crippen LogP contribution is 2.41. The molecule has 46 heavy (non-hydrogen) atoms. The molecule has 1 aliphatic rings. The van der Waals surface area contributed by atoms with E-state index in [0.717, 1.165) is 5.69 Å². The Bertz CT molecular complexity index is 1870. The number of aliphatic hydroxyl groups is 1. The van der Waals surface area contributed by atoms with Crippen molar-refractivity contribution in [2.75, 3.05) is 12.4 Å². The van der Waals surface area contributed by atoms with Gasteiger partial charge in [0, 0.05) is 18.4 Å². The predicted molar refractivity (Wildman–Crippen MR) is 166 cm³/mol. The average Bonchev–Trinajstić information content (AvgIpc) is 3.43. The smallest absolute Gasteiger partial charge is 0.364 e. The molecule has 5 rings (SSSR count). The number of carbonyl (C=O) groups is 2. The second kappa shape index (κ2) is 12.3. The van der Waals surface area contributed by atoms with Gasteiger partial charge < -0.3 is 49.0 Å². The molecule has 244 valence electrons. The van der Waals surface area contributed by atoms with E-state index in [1.54, 1.807) is 46.8 Å². The molecular formula is C32H33ClN2O11. The van der Waals surface area contributed by atoms with Crippen molar-refractivity contribution in [2.24, 2.45) is 0 Å². The summed E-state index contributed by atoms with van der Waals surface area (Å²) in [7, 11) is 1.39. The number of hydrogen-bond donors (Lipinski definition) is 5. The normalized spacial score (nSPS) is 20.8. The van der Waals surface area contributed by atoms with E-state index in [4.69, 9.17) is 35.0 Å². The van der Waals surface area contributed by atoms with Gasteiger partial charge in [-0.25, -0.2) is 9.59 Å². The Kier molecular flexibility index (Phi) is 8.79. The number of phenols is 1. The maximum atomic E-state index is 12.9. The van der Waals surface area contributed by atoms with Crippen LogP contribution >= 0.6 is 11.6 Å². The van der Waals surface area contributed by atoms with Crippen LogP contribution in [0.1, 0.15) is 51.5 Å². The first kappa shape index (κ1) is 32.8. The molecular weight excluding hydrogens is 624 g/mol. The van der Waals surface area contributed by atoms with Crippen LogP contribution < -0.4 is 15.7 Å². The van der Waals surface area contributed by atoms with Gasteiger partial charge in [-0.05, 0) is 82.1 Å². The zero-order valence-electron chi connectivity index (χ0n) is 25.8. The number of esters is 1. The van der Waals surface area contributed by atoms with Crippen molar-refractivity contribution in [3.8, 4) is 17.2 Å². The Morgan fingerprint density at radius 3 is 2.33 bits per heavy atom. The van der Waals surface area contributed by atoms with E-state index in [2.05, 4.69) is 10.3 Å². The number of hydrogen-bond acceptors (Lipinski definition) is 11. The van der Waals surface area contributed by atoms with Crippen LogP contribution in [-0.2, 0) is 14.2 Å². The molecule has 4 aromatic rings. The number of aromatic nitrogens is 1. The number of nitrogens with one attached hydrogen (secondary N) is 2. The summed E-state index contributed by atoms with van der Waals surface area (Å²) >= 11 is 6.56. The summed E-state index contributed by atoms with van der Waals surface area (Å²) in [5, 5.41) is 34.3. The number of halogens is 1. The van der Waals surface area contributed by atoms with Gasteiger partial charge in [0.05, 0.1) is 11.0 Å². The summed E-state index contributed by atoms with van der Waals surface area (Å²) < 4.78 is 28.5. The fourth-order valence-electron chi connectivity index (χ4n) is 5.42. The lowest BCUT2D eigenvalue weighted by Gasteiger charge is -2.47. The molecule has 2 aromatic heterocycles. The zero-order valence-corrected chi connectivity index (χ0v) is 26.5. The van der Waals surface area contributed by atoms with Crippen molar-refractivity contribution >= 4 is 40.1 Å². The number of aromatic amines is 1. The number of aryl methyl sites for hydroxylation is 3. The highest BCUT2D eigenvalue weighted by Gasteiger charge is 2.53. The van der Waals surface area contributed by atoms with Crippen LogP contribution in [-0.4, -0.2) is 69.5 Å². The lowest BCUT2D eigenvalue weighted by atomic mass is 9.89. The number of methoxy groups -OCH3 is 1. The van der Waals surface area contributed by atoms with Crippen LogP contribution in [0.2, 0.25) is 5.02 Å². The summed E-state index contributed by atoms with van der Waals surface area (Å²) in [6.45, 7) is 8.34. The minimum absolute atomic E-state index is 0.0248. The number of H-pyrrole nitrogens is 1. The fourth-order valence-corrected chi connectivity index (χ4v) is 5.67. The van der Waals surface area contributed by atoms with Gasteiger partial charge in [0.25, 0.3) is 5.91 Å². The van der Waals surface area contributed by atoms with E-state index in [0.29, 0.717) is 11.1 Å². The van der Waals surface area contributed by atoms with Gasteiger partial charge in [0.2, 0.25) is 6.29 Å². The summed E-state index contributed by atoms with van der Waals surface area (Å²) in [5.74, 6) is -2.11. The Hall–Kier alpha value is -4.56. The Morgan fingerprint density at radius 1 is 1.04 bits per heavy atom. The number of benzene rings is 2. The minimum Gasteiger partial charge on any atom is -0.507 e. The summed E-state index contributed by atoms with van der Waals surface area (Å²) in [5.41, 5.74) is -1.06. The number of fused-ring (bicyclic) bond motifs is 1. The van der Waals surface area contributed by atoms with E-state index in [-0.39, 0.29) is 38.7 Å². The first-order chi connectivity index (χ1) is 21.6. The Balaban J connectivity index is 1.43. The molecule has 1 fully saturated rings. The van der Waals surface area contributed by atoms with Gasteiger partial charge in [-0.2, -0.15) is 0 Å². The van der Waals surface area contributed by atoms with E-state index in [1.807, 2.05) is 0 Å². The molecule has 1 amide bonds. The van der Waals surface area contributed by atoms with Gasteiger partial charge in [-0.1, -0.05) is 11.6 Å². The predicted octanol–water partition coefficient (Wildman–Crippen LogP) is 4.48. The van der Waals surface area contributed by atoms with Crippen LogP contribution in [0, 0.1) is 20.8 Å². The number of amides is 1. The summed E-state index contributed by atoms with van der Waals surface area (Å²) in [6.07, 6.45) is -5.12. The molecule has 0 spiro atoms. The molecule has 0 bridgehead atoms. The van der Waals surface area contributed by atoms with E-state index in [1.165, 1.54) is 31.4 Å². The highest BCUT2D eigenvalue weighted by molar-refractivity contribution is 6.36. The molecule has 14 heteroatoms. The molecule has 0 aliphatic carbocycles. The number of ether oxygens (including phenoxy) is 4. The SMILES string of the molecule is CO[C@@H]1[C@@H](OC(=O)c2ccc(C)[nH]2)[C@@H](O)[C@H](Oc2ccc3c(O)c(NC(=O)c4cc(C)c(O)c(C)c4)c(=O)oc3c2Cl)OC1(C)C. The van der Waals surface area contributed by atoms with Crippen molar-refractivity contribution in [3.63, 3.8) is 0 Å². The largest absolute Gasteiger partial charge is 0.507 e. The quantitative estimate of drug-likeness (QED) is 0.139. The number of aromatic hydroxyl groups is 2. The van der Waals surface area contributed by atoms with E-state index in [9.17, 15) is 29.7 Å². The van der Waals surface area contributed by atoms with Crippen molar-refractivity contribution in [3.05, 3.63) is 79.9 Å². The third-order valence-electron chi connectivity index (χ3n) is 7.76. The first-order valence-electron chi connectivity index (χ1n) is 14.1. The lowest BCUT2D eigenvalue weighted by molar-refractivity contribution is -0.305. The monoisotopic (exact) mass is 656 g/mol. The van der Waals surface area contributed by atoms with Gasteiger partial charge in [-0.3, -0.25) is 4.79 Å². The topological polar surface area (TPSA) is 190 Å². The van der Waals surface area contributed by atoms with Crippen LogP contribution in [0.15, 0.2) is 45.6 Å². The molecule has 3 heterocycles. The fraction of sp³-hybridized carbons (Fsp3) is 0.344. The second-order valence-electron chi connectivity index (χ2n) is 11.6. The van der Waals surface area contributed by atoms with E-state index >= 15 is 0 Å². The molecule has 1 aliphatic heterocycles. The Labute approximate surface area is 267 Å². The molecule has 13 nitrogen and oxygen atoms in total. The third kappa shape index (κ3) is 6.01. The summed E-state index contributed by atoms with van der Waals surface area (Å²) in [4.78, 5) is 41.6. The number of carbonyl (C=O) groups excluding carboxylic acids is 2. The standard InChI is InChI=1S/C32H33ClN2O11/c1-13-11-16(12-14(2)22(13)36)28(39)35-21-23(37)17-8-10-19(20(33)25(17)44-30(21)41)43-31-24(38)26(27(42-6)32(4,5)46-31)45-29(40)18-9-7-15(3)34-18/h7-12,24,26-27,31,34,36-38H,1-6H3,(H,35,39)/t24-,26+,27-,31-/m1/s1. The number of anilines is 1. The van der Waals surface area contributed by atoms with Gasteiger partial charge in [0.15, 0.2) is 29.2 Å². The van der Waals surface area contributed by atoms with Crippen LogP contribution in [0.4, 0.5) is 5.69 Å². The molecule has 0 radical (unpaired) electrons. The maximum Gasteiger partial charge on any atom is 0.364 e.